The Kier molecular flexibility index (Phi) is 6.33. The van der Waals surface area contributed by atoms with Crippen LogP contribution >= 0.6 is 23.2 Å². The summed E-state index contributed by atoms with van der Waals surface area (Å²) >= 11 is 12.7. The summed E-state index contributed by atoms with van der Waals surface area (Å²) < 4.78 is 0. The van der Waals surface area contributed by atoms with Gasteiger partial charge < -0.3 is 5.73 Å². The summed E-state index contributed by atoms with van der Waals surface area (Å²) in [5, 5.41) is 1.42. The Hall–Kier alpha value is -0.320. The molecule has 1 aromatic rings. The van der Waals surface area contributed by atoms with Crippen LogP contribution in [-0.2, 0) is 0 Å². The van der Waals surface area contributed by atoms with Crippen LogP contribution in [-0.4, -0.2) is 48.6 Å². The summed E-state index contributed by atoms with van der Waals surface area (Å²) in [4.78, 5) is 4.94. The summed E-state index contributed by atoms with van der Waals surface area (Å²) in [7, 11) is 0. The second-order valence-electron chi connectivity index (χ2n) is 5.55. The van der Waals surface area contributed by atoms with Crippen molar-refractivity contribution in [1.29, 1.82) is 0 Å². The Morgan fingerprint density at radius 1 is 1.29 bits per heavy atom. The van der Waals surface area contributed by atoms with E-state index in [4.69, 9.17) is 28.9 Å². The first-order valence-electron chi connectivity index (χ1n) is 7.74. The van der Waals surface area contributed by atoms with E-state index in [9.17, 15) is 0 Å². The van der Waals surface area contributed by atoms with E-state index in [1.54, 1.807) is 0 Å². The standard InChI is InChI=1S/C16H25Cl2N3/c1-3-20(4-2)12-8-9-21(11-12)15(10-19)16-13(17)6-5-7-14(16)18/h5-7,12,15H,3-4,8-11,19H2,1-2H3. The van der Waals surface area contributed by atoms with Crippen LogP contribution in [0, 0.1) is 0 Å². The Morgan fingerprint density at radius 2 is 1.90 bits per heavy atom. The van der Waals surface area contributed by atoms with Crippen molar-refractivity contribution in [1.82, 2.24) is 9.80 Å². The van der Waals surface area contributed by atoms with Crippen LogP contribution in [0.15, 0.2) is 18.2 Å². The summed E-state index contributed by atoms with van der Waals surface area (Å²) in [5.41, 5.74) is 7.01. The molecular formula is C16H25Cl2N3. The molecule has 1 aromatic carbocycles. The lowest BCUT2D eigenvalue weighted by Gasteiger charge is -2.30. The Balaban J connectivity index is 2.16. The molecule has 21 heavy (non-hydrogen) atoms. The number of rotatable bonds is 6. The molecule has 0 amide bonds. The minimum absolute atomic E-state index is 0.103. The fraction of sp³-hybridized carbons (Fsp3) is 0.625. The molecule has 1 fully saturated rings. The van der Waals surface area contributed by atoms with E-state index in [1.807, 2.05) is 18.2 Å². The lowest BCUT2D eigenvalue weighted by Crippen LogP contribution is -2.39. The van der Waals surface area contributed by atoms with Gasteiger partial charge in [-0.1, -0.05) is 43.1 Å². The molecule has 1 aliphatic heterocycles. The summed E-state index contributed by atoms with van der Waals surface area (Å²) in [5.74, 6) is 0. The minimum Gasteiger partial charge on any atom is -0.329 e. The van der Waals surface area contributed by atoms with Crippen molar-refractivity contribution >= 4 is 23.2 Å². The highest BCUT2D eigenvalue weighted by Gasteiger charge is 2.32. The number of hydrogen-bond acceptors (Lipinski definition) is 3. The minimum atomic E-state index is 0.103. The molecule has 0 radical (unpaired) electrons. The van der Waals surface area contributed by atoms with Gasteiger partial charge in [0.05, 0.1) is 6.04 Å². The maximum Gasteiger partial charge on any atom is 0.0500 e. The number of halogens is 2. The molecule has 0 bridgehead atoms. The maximum absolute atomic E-state index is 6.36. The smallest absolute Gasteiger partial charge is 0.0500 e. The number of likely N-dealkylation sites (tertiary alicyclic amines) is 1. The van der Waals surface area contributed by atoms with Crippen molar-refractivity contribution < 1.29 is 0 Å². The van der Waals surface area contributed by atoms with Gasteiger partial charge in [0.15, 0.2) is 0 Å². The van der Waals surface area contributed by atoms with Gasteiger partial charge in [-0.2, -0.15) is 0 Å². The van der Waals surface area contributed by atoms with E-state index in [0.717, 1.165) is 31.7 Å². The fourth-order valence-electron chi connectivity index (χ4n) is 3.37. The number of benzene rings is 1. The molecule has 0 aliphatic carbocycles. The third kappa shape index (κ3) is 3.72. The second kappa shape index (κ2) is 7.80. The highest BCUT2D eigenvalue weighted by Crippen LogP contribution is 2.35. The quantitative estimate of drug-likeness (QED) is 0.868. The van der Waals surface area contributed by atoms with Crippen LogP contribution in [0.3, 0.4) is 0 Å². The van der Waals surface area contributed by atoms with Gasteiger partial charge in [-0.25, -0.2) is 0 Å². The van der Waals surface area contributed by atoms with Crippen molar-refractivity contribution in [2.45, 2.75) is 32.4 Å². The van der Waals surface area contributed by atoms with Crippen molar-refractivity contribution in [3.8, 4) is 0 Å². The summed E-state index contributed by atoms with van der Waals surface area (Å²) in [6.07, 6.45) is 1.18. The van der Waals surface area contributed by atoms with Crippen LogP contribution in [0.5, 0.6) is 0 Å². The monoisotopic (exact) mass is 329 g/mol. The van der Waals surface area contributed by atoms with Gasteiger partial charge in [0.25, 0.3) is 0 Å². The zero-order valence-corrected chi connectivity index (χ0v) is 14.4. The van der Waals surface area contributed by atoms with Crippen molar-refractivity contribution in [2.24, 2.45) is 5.73 Å². The topological polar surface area (TPSA) is 32.5 Å². The Bertz CT molecular complexity index is 443. The van der Waals surface area contributed by atoms with E-state index in [1.165, 1.54) is 6.42 Å². The SMILES string of the molecule is CCN(CC)C1CCN(C(CN)c2c(Cl)cccc2Cl)C1. The van der Waals surface area contributed by atoms with Crippen LogP contribution in [0.2, 0.25) is 10.0 Å². The van der Waals surface area contributed by atoms with Crippen molar-refractivity contribution in [3.63, 3.8) is 0 Å². The lowest BCUT2D eigenvalue weighted by molar-refractivity contribution is 0.190. The van der Waals surface area contributed by atoms with Crippen LogP contribution in [0.25, 0.3) is 0 Å². The highest BCUT2D eigenvalue weighted by atomic mass is 35.5. The van der Waals surface area contributed by atoms with Crippen LogP contribution < -0.4 is 5.73 Å². The first-order valence-corrected chi connectivity index (χ1v) is 8.50. The molecule has 2 N–H and O–H groups in total. The van der Waals surface area contributed by atoms with Crippen molar-refractivity contribution in [3.05, 3.63) is 33.8 Å². The molecule has 1 aliphatic rings. The molecule has 5 heteroatoms. The van der Waals surface area contributed by atoms with Gasteiger partial charge in [0, 0.05) is 41.3 Å². The summed E-state index contributed by atoms with van der Waals surface area (Å²) in [6.45, 7) is 9.24. The molecule has 2 unspecified atom stereocenters. The van der Waals surface area contributed by atoms with Gasteiger partial charge in [0.1, 0.15) is 0 Å². The zero-order chi connectivity index (χ0) is 15.4. The third-order valence-corrected chi connectivity index (χ3v) is 5.18. The molecule has 1 heterocycles. The Labute approximate surface area is 138 Å². The van der Waals surface area contributed by atoms with Crippen LogP contribution in [0.4, 0.5) is 0 Å². The van der Waals surface area contributed by atoms with E-state index >= 15 is 0 Å². The number of nitrogens with zero attached hydrogens (tertiary/aromatic N) is 2. The average molecular weight is 330 g/mol. The number of nitrogens with two attached hydrogens (primary N) is 1. The van der Waals surface area contributed by atoms with Gasteiger partial charge in [-0.3, -0.25) is 9.80 Å². The van der Waals surface area contributed by atoms with E-state index in [-0.39, 0.29) is 6.04 Å². The second-order valence-corrected chi connectivity index (χ2v) is 6.36. The van der Waals surface area contributed by atoms with E-state index < -0.39 is 0 Å². The summed E-state index contributed by atoms with van der Waals surface area (Å²) in [6, 6.07) is 6.37. The van der Waals surface area contributed by atoms with Gasteiger partial charge >= 0.3 is 0 Å². The van der Waals surface area contributed by atoms with Gasteiger partial charge in [0.2, 0.25) is 0 Å². The predicted octanol–water partition coefficient (Wildman–Crippen LogP) is 3.41. The molecule has 0 saturated carbocycles. The highest BCUT2D eigenvalue weighted by molar-refractivity contribution is 6.36. The number of likely N-dealkylation sites (N-methyl/N-ethyl adjacent to an activating group) is 1. The first kappa shape index (κ1) is 17.0. The largest absolute Gasteiger partial charge is 0.329 e. The number of hydrogen-bond donors (Lipinski definition) is 1. The molecule has 2 atom stereocenters. The average Bonchev–Trinajstić information content (AvgIpc) is 2.94. The van der Waals surface area contributed by atoms with Gasteiger partial charge in [-0.05, 0) is 31.6 Å². The zero-order valence-electron chi connectivity index (χ0n) is 12.9. The molecule has 2 rings (SSSR count). The van der Waals surface area contributed by atoms with Crippen molar-refractivity contribution in [2.75, 3.05) is 32.7 Å². The fourth-order valence-corrected chi connectivity index (χ4v) is 4.02. The third-order valence-electron chi connectivity index (χ3n) is 4.52. The lowest BCUT2D eigenvalue weighted by atomic mass is 10.1. The molecular weight excluding hydrogens is 305 g/mol. The van der Waals surface area contributed by atoms with Crippen LogP contribution in [0.1, 0.15) is 31.9 Å². The molecule has 118 valence electrons. The van der Waals surface area contributed by atoms with E-state index in [0.29, 0.717) is 22.6 Å². The molecule has 0 spiro atoms. The molecule has 1 saturated heterocycles. The normalized spacial score (nSPS) is 21.1. The predicted molar refractivity (Wildman–Crippen MR) is 91.2 cm³/mol. The molecule has 0 aromatic heterocycles. The first-order chi connectivity index (χ1) is 10.1. The van der Waals surface area contributed by atoms with E-state index in [2.05, 4.69) is 23.6 Å². The maximum atomic E-state index is 6.36. The molecule has 3 nitrogen and oxygen atoms in total. The van der Waals surface area contributed by atoms with Gasteiger partial charge in [-0.15, -0.1) is 0 Å². The Morgan fingerprint density at radius 3 is 2.43 bits per heavy atom.